The smallest absolute Gasteiger partial charge is 0.305 e. The molecular formula is C53H43BrCl2F2N4O5. The summed E-state index contributed by atoms with van der Waals surface area (Å²) in [6, 6.07) is 49.0. The average molecular weight is 1000 g/mol. The summed E-state index contributed by atoms with van der Waals surface area (Å²) in [6.45, 7) is 3.93. The third-order valence-electron chi connectivity index (χ3n) is 10.6. The second-order valence-electron chi connectivity index (χ2n) is 14.9. The Morgan fingerprint density at radius 1 is 0.478 bits per heavy atom. The van der Waals surface area contributed by atoms with Gasteiger partial charge in [0.2, 0.25) is 11.6 Å². The van der Waals surface area contributed by atoms with E-state index in [1.54, 1.807) is 42.5 Å². The van der Waals surface area contributed by atoms with Crippen LogP contribution in [0.15, 0.2) is 174 Å². The van der Waals surface area contributed by atoms with E-state index in [0.29, 0.717) is 32.5 Å². The van der Waals surface area contributed by atoms with Crippen LogP contribution in [-0.2, 0) is 4.74 Å². The fourth-order valence-electron chi connectivity index (χ4n) is 7.20. The van der Waals surface area contributed by atoms with Crippen molar-refractivity contribution in [2.75, 3.05) is 24.7 Å². The van der Waals surface area contributed by atoms with E-state index in [4.69, 9.17) is 39.4 Å². The number of nitrogens with zero attached hydrogens (tertiary/aromatic N) is 2. The van der Waals surface area contributed by atoms with Gasteiger partial charge in [-0.2, -0.15) is 8.78 Å². The van der Waals surface area contributed by atoms with Crippen LogP contribution in [0.4, 0.5) is 31.5 Å². The van der Waals surface area contributed by atoms with Crippen molar-refractivity contribution in [2.24, 2.45) is 0 Å². The molecule has 0 saturated carbocycles. The Balaban J connectivity index is 0.000000174. The van der Waals surface area contributed by atoms with E-state index in [-0.39, 0.29) is 11.1 Å². The second kappa shape index (κ2) is 23.5. The van der Waals surface area contributed by atoms with Crippen LogP contribution in [0.5, 0.6) is 0 Å². The first-order chi connectivity index (χ1) is 32.3. The van der Waals surface area contributed by atoms with Gasteiger partial charge in [0.05, 0.1) is 31.3 Å². The molecule has 14 heteroatoms. The number of hydrogen-bond acceptors (Lipinski definition) is 7. The summed E-state index contributed by atoms with van der Waals surface area (Å²) in [5.74, 6) is -1.69. The predicted octanol–water partition coefficient (Wildman–Crippen LogP) is 15.8. The van der Waals surface area contributed by atoms with Crippen molar-refractivity contribution in [3.8, 4) is 55.6 Å². The third kappa shape index (κ3) is 12.1. The summed E-state index contributed by atoms with van der Waals surface area (Å²) in [6.07, 6.45) is 2.56. The number of rotatable bonds is 7. The zero-order chi connectivity index (χ0) is 48.0. The predicted molar refractivity (Wildman–Crippen MR) is 271 cm³/mol. The van der Waals surface area contributed by atoms with Gasteiger partial charge in [-0.05, 0) is 82.5 Å². The molecule has 8 aromatic carbocycles. The molecule has 1 fully saturated rings. The Bertz CT molecular complexity index is 3020. The van der Waals surface area contributed by atoms with Crippen molar-refractivity contribution in [3.05, 3.63) is 222 Å². The number of halogens is 5. The first-order valence-electron chi connectivity index (χ1n) is 20.8. The van der Waals surface area contributed by atoms with Crippen molar-refractivity contribution >= 4 is 61.9 Å². The number of benzene rings is 8. The molecule has 1 aliphatic heterocycles. The van der Waals surface area contributed by atoms with Crippen LogP contribution in [0.25, 0.3) is 55.6 Å². The highest BCUT2D eigenvalue weighted by atomic mass is 79.9. The maximum absolute atomic E-state index is 15.0. The number of aryl methyl sites for hydroxylation is 1. The van der Waals surface area contributed by atoms with Crippen LogP contribution in [0.3, 0.4) is 0 Å². The monoisotopic (exact) mass is 1000 g/mol. The van der Waals surface area contributed by atoms with Crippen molar-refractivity contribution in [1.29, 1.82) is 0 Å². The molecule has 9 rings (SSSR count). The normalized spacial score (nSPS) is 11.5. The standard InChI is InChI=1S/C24H16ClFN2O2.C18H11BrFNO2.C7H8ClN.C4H8O/c25-21-13-5-12-20(24(21)27)18-10-4-2-8-16(18)15-7-1-3-9-17(15)19-11-6-14-22(23(19)26)28(29)30;19-16-10-4-3-8-14(16)12-6-1-2-7-13(12)15-9-5-11-17(18(15)20)21(22)23;1-5-3-2-4-6(8)7(5)9;1-2-4-5-3-1/h1-14H,27H2;1-11H;2-4H,9H2,1H3;1-4H2. The summed E-state index contributed by atoms with van der Waals surface area (Å²) >= 11 is 15.4. The fraction of sp³-hybridized carbons (Fsp3) is 0.0943. The molecule has 0 amide bonds. The molecule has 0 bridgehead atoms. The van der Waals surface area contributed by atoms with Gasteiger partial charge in [-0.25, -0.2) is 0 Å². The zero-order valence-electron chi connectivity index (χ0n) is 36.0. The molecular weight excluding hydrogens is 961 g/mol. The molecule has 0 aliphatic carbocycles. The number of nitrogens with two attached hydrogens (primary N) is 2. The summed E-state index contributed by atoms with van der Waals surface area (Å²) in [4.78, 5) is 20.8. The van der Waals surface area contributed by atoms with Gasteiger partial charge in [0.25, 0.3) is 0 Å². The van der Waals surface area contributed by atoms with Crippen LogP contribution in [-0.4, -0.2) is 23.1 Å². The molecule has 0 unspecified atom stereocenters. The summed E-state index contributed by atoms with van der Waals surface area (Å²) in [5.41, 5.74) is 19.2. The number of nitrogen functional groups attached to an aromatic ring is 2. The molecule has 340 valence electrons. The number of para-hydroxylation sites is 2. The Labute approximate surface area is 405 Å². The van der Waals surface area contributed by atoms with Crippen molar-refractivity contribution < 1.29 is 23.4 Å². The Morgan fingerprint density at radius 2 is 0.806 bits per heavy atom. The Hall–Kier alpha value is -6.96. The van der Waals surface area contributed by atoms with E-state index in [1.807, 2.05) is 104 Å². The zero-order valence-corrected chi connectivity index (χ0v) is 39.1. The van der Waals surface area contributed by atoms with Crippen molar-refractivity contribution in [1.82, 2.24) is 0 Å². The summed E-state index contributed by atoms with van der Waals surface area (Å²) in [7, 11) is 0. The van der Waals surface area contributed by atoms with Crippen LogP contribution in [0, 0.1) is 38.8 Å². The third-order valence-corrected chi connectivity index (χ3v) is 12.0. The van der Waals surface area contributed by atoms with Crippen LogP contribution >= 0.6 is 39.1 Å². The van der Waals surface area contributed by atoms with E-state index >= 15 is 0 Å². The highest BCUT2D eigenvalue weighted by Gasteiger charge is 2.23. The van der Waals surface area contributed by atoms with Gasteiger partial charge >= 0.3 is 11.4 Å². The van der Waals surface area contributed by atoms with Gasteiger partial charge in [0, 0.05) is 46.5 Å². The highest BCUT2D eigenvalue weighted by Crippen LogP contribution is 2.43. The van der Waals surface area contributed by atoms with E-state index < -0.39 is 32.9 Å². The lowest BCUT2D eigenvalue weighted by molar-refractivity contribution is -0.387. The van der Waals surface area contributed by atoms with Gasteiger partial charge < -0.3 is 16.2 Å². The molecule has 4 N–H and O–H groups in total. The molecule has 0 aromatic heterocycles. The minimum atomic E-state index is -0.866. The van der Waals surface area contributed by atoms with Crippen LogP contribution in [0.2, 0.25) is 10.0 Å². The summed E-state index contributed by atoms with van der Waals surface area (Å²) in [5, 5.41) is 23.3. The van der Waals surface area contributed by atoms with E-state index in [0.717, 1.165) is 62.7 Å². The quantitative estimate of drug-likeness (QED) is 0.0917. The summed E-state index contributed by atoms with van der Waals surface area (Å²) < 4.78 is 35.3. The van der Waals surface area contributed by atoms with E-state index in [1.165, 1.54) is 37.1 Å². The largest absolute Gasteiger partial charge is 0.397 e. The van der Waals surface area contributed by atoms with Crippen molar-refractivity contribution in [3.63, 3.8) is 0 Å². The molecule has 1 saturated heterocycles. The number of hydrogen-bond donors (Lipinski definition) is 2. The molecule has 9 nitrogen and oxygen atoms in total. The molecule has 1 heterocycles. The maximum atomic E-state index is 15.0. The van der Waals surface area contributed by atoms with E-state index in [2.05, 4.69) is 15.9 Å². The van der Waals surface area contributed by atoms with Gasteiger partial charge in [-0.1, -0.05) is 179 Å². The lowest BCUT2D eigenvalue weighted by Crippen LogP contribution is -1.97. The SMILES string of the molecule is C1CCOC1.Cc1cccc(Cl)c1N.Nc1c(Cl)cccc1-c1ccccc1-c1ccccc1-c1cccc([N+](=O)[O-])c1F.O=[N+]([O-])c1cccc(-c2ccccc2-c2ccccc2Br)c1F. The van der Waals surface area contributed by atoms with Gasteiger partial charge in [-0.3, -0.25) is 20.2 Å². The molecule has 0 spiro atoms. The molecule has 0 atom stereocenters. The number of anilines is 2. The van der Waals surface area contributed by atoms with E-state index in [9.17, 15) is 29.0 Å². The fourth-order valence-corrected chi connectivity index (χ4v) is 8.10. The van der Waals surface area contributed by atoms with Crippen LogP contribution < -0.4 is 11.5 Å². The minimum Gasteiger partial charge on any atom is -0.397 e. The number of nitro benzene ring substituents is 2. The molecule has 8 aromatic rings. The second-order valence-corrected chi connectivity index (χ2v) is 16.6. The number of ether oxygens (including phenoxy) is 1. The molecule has 1 aliphatic rings. The lowest BCUT2D eigenvalue weighted by Gasteiger charge is -2.16. The van der Waals surface area contributed by atoms with Gasteiger partial charge in [0.1, 0.15) is 0 Å². The highest BCUT2D eigenvalue weighted by molar-refractivity contribution is 9.10. The topological polar surface area (TPSA) is 148 Å². The Kier molecular flexibility index (Phi) is 17.3. The lowest BCUT2D eigenvalue weighted by atomic mass is 9.88. The van der Waals surface area contributed by atoms with Crippen LogP contribution in [0.1, 0.15) is 18.4 Å². The van der Waals surface area contributed by atoms with Crippen molar-refractivity contribution in [2.45, 2.75) is 19.8 Å². The molecule has 0 radical (unpaired) electrons. The first-order valence-corrected chi connectivity index (χ1v) is 22.4. The maximum Gasteiger partial charge on any atom is 0.305 e. The number of nitro groups is 2. The Morgan fingerprint density at radius 3 is 1.19 bits per heavy atom. The van der Waals surface area contributed by atoms with Gasteiger partial charge in [-0.15, -0.1) is 0 Å². The van der Waals surface area contributed by atoms with Gasteiger partial charge in [0.15, 0.2) is 0 Å². The average Bonchev–Trinajstić information content (AvgIpc) is 3.93. The first kappa shape index (κ1) is 49.5. The minimum absolute atomic E-state index is 0.161. The molecule has 67 heavy (non-hydrogen) atoms.